The molecule has 0 radical (unpaired) electrons. The summed E-state index contributed by atoms with van der Waals surface area (Å²) in [4.78, 5) is 0.1000. The van der Waals surface area contributed by atoms with Crippen LogP contribution in [0.4, 0.5) is 11.4 Å². The average molecular weight is 304 g/mol. The smallest absolute Gasteiger partial charge is 0.263 e. The molecule has 0 unspecified atom stereocenters. The van der Waals surface area contributed by atoms with Gasteiger partial charge in [-0.15, -0.1) is 0 Å². The Morgan fingerprint density at radius 3 is 2.33 bits per heavy atom. The lowest BCUT2D eigenvalue weighted by Crippen LogP contribution is -2.17. The molecule has 0 aliphatic rings. The lowest BCUT2D eigenvalue weighted by atomic mass is 9.99. The lowest BCUT2D eigenvalue weighted by molar-refractivity contribution is 0.601. The molecule has 4 nitrogen and oxygen atoms in total. The van der Waals surface area contributed by atoms with Crippen molar-refractivity contribution in [2.24, 2.45) is 0 Å². The summed E-state index contributed by atoms with van der Waals surface area (Å²) in [7, 11) is -3.70. The molecule has 112 valence electrons. The summed E-state index contributed by atoms with van der Waals surface area (Å²) in [5, 5.41) is 0. The van der Waals surface area contributed by atoms with E-state index in [1.807, 2.05) is 39.0 Å². The normalized spacial score (nSPS) is 11.6. The van der Waals surface area contributed by atoms with Gasteiger partial charge in [0, 0.05) is 0 Å². The second kappa shape index (κ2) is 5.77. The second-order valence-electron chi connectivity index (χ2n) is 5.34. The number of anilines is 2. The van der Waals surface area contributed by atoms with Crippen molar-refractivity contribution >= 4 is 21.4 Å². The molecular formula is C16H20N2O2S. The van der Waals surface area contributed by atoms with Crippen LogP contribution < -0.4 is 10.5 Å². The Hall–Kier alpha value is -2.01. The molecular weight excluding hydrogens is 284 g/mol. The number of hydrogen-bond acceptors (Lipinski definition) is 3. The van der Waals surface area contributed by atoms with Crippen LogP contribution >= 0.6 is 0 Å². The highest BCUT2D eigenvalue weighted by atomic mass is 32.2. The molecule has 2 rings (SSSR count). The van der Waals surface area contributed by atoms with Gasteiger partial charge in [0.05, 0.1) is 11.4 Å². The summed E-state index contributed by atoms with van der Waals surface area (Å²) >= 11 is 0. The van der Waals surface area contributed by atoms with Crippen molar-refractivity contribution in [2.75, 3.05) is 10.5 Å². The minimum atomic E-state index is -3.70. The molecule has 0 amide bonds. The first-order valence-corrected chi connectivity index (χ1v) is 8.28. The fourth-order valence-corrected chi connectivity index (χ4v) is 3.52. The SMILES string of the molecule is Cc1cccc(C(C)C)c1NS(=O)(=O)c1ccccc1N. The second-order valence-corrected chi connectivity index (χ2v) is 6.99. The first kappa shape index (κ1) is 15.4. The van der Waals surface area contributed by atoms with Gasteiger partial charge in [0.2, 0.25) is 0 Å². The highest BCUT2D eigenvalue weighted by Crippen LogP contribution is 2.30. The fourth-order valence-electron chi connectivity index (χ4n) is 2.23. The van der Waals surface area contributed by atoms with E-state index >= 15 is 0 Å². The van der Waals surface area contributed by atoms with Crippen LogP contribution in [0.25, 0.3) is 0 Å². The Morgan fingerprint density at radius 1 is 1.05 bits per heavy atom. The van der Waals surface area contributed by atoms with Crippen molar-refractivity contribution in [2.45, 2.75) is 31.6 Å². The van der Waals surface area contributed by atoms with E-state index < -0.39 is 10.0 Å². The summed E-state index contributed by atoms with van der Waals surface area (Å²) in [6.07, 6.45) is 0. The zero-order valence-corrected chi connectivity index (χ0v) is 13.2. The van der Waals surface area contributed by atoms with E-state index in [4.69, 9.17) is 5.73 Å². The highest BCUT2D eigenvalue weighted by Gasteiger charge is 2.20. The molecule has 3 N–H and O–H groups in total. The van der Waals surface area contributed by atoms with Crippen LogP contribution in [0.2, 0.25) is 0 Å². The van der Waals surface area contributed by atoms with Gasteiger partial charge in [-0.05, 0) is 36.1 Å². The lowest BCUT2D eigenvalue weighted by Gasteiger charge is -2.18. The number of sulfonamides is 1. The number of aryl methyl sites for hydroxylation is 1. The van der Waals surface area contributed by atoms with E-state index in [1.165, 1.54) is 6.07 Å². The van der Waals surface area contributed by atoms with Crippen LogP contribution in [0.1, 0.15) is 30.9 Å². The van der Waals surface area contributed by atoms with Crippen LogP contribution in [0.15, 0.2) is 47.4 Å². The van der Waals surface area contributed by atoms with Gasteiger partial charge >= 0.3 is 0 Å². The fraction of sp³-hybridized carbons (Fsp3) is 0.250. The van der Waals surface area contributed by atoms with Crippen molar-refractivity contribution in [3.8, 4) is 0 Å². The van der Waals surface area contributed by atoms with Gasteiger partial charge in [0.25, 0.3) is 10.0 Å². The number of para-hydroxylation sites is 2. The summed E-state index contributed by atoms with van der Waals surface area (Å²) in [5.41, 5.74) is 8.51. The maximum atomic E-state index is 12.6. The molecule has 0 spiro atoms. The number of benzene rings is 2. The molecule has 0 bridgehead atoms. The first-order valence-electron chi connectivity index (χ1n) is 6.79. The molecule has 0 aliphatic heterocycles. The topological polar surface area (TPSA) is 72.2 Å². The predicted molar refractivity (Wildman–Crippen MR) is 86.9 cm³/mol. The van der Waals surface area contributed by atoms with Crippen molar-refractivity contribution < 1.29 is 8.42 Å². The quantitative estimate of drug-likeness (QED) is 0.849. The van der Waals surface area contributed by atoms with Crippen molar-refractivity contribution in [3.63, 3.8) is 0 Å². The van der Waals surface area contributed by atoms with Crippen molar-refractivity contribution in [1.29, 1.82) is 0 Å². The number of hydrogen-bond donors (Lipinski definition) is 2. The van der Waals surface area contributed by atoms with E-state index in [0.717, 1.165) is 11.1 Å². The number of nitrogens with two attached hydrogens (primary N) is 1. The third kappa shape index (κ3) is 3.19. The van der Waals surface area contributed by atoms with Crippen LogP contribution in [-0.4, -0.2) is 8.42 Å². The van der Waals surface area contributed by atoms with Gasteiger partial charge < -0.3 is 5.73 Å². The number of nitrogen functional groups attached to an aromatic ring is 1. The molecule has 0 saturated heterocycles. The molecule has 0 heterocycles. The van der Waals surface area contributed by atoms with Crippen molar-refractivity contribution in [1.82, 2.24) is 0 Å². The maximum Gasteiger partial charge on any atom is 0.263 e. The number of nitrogens with one attached hydrogen (secondary N) is 1. The van der Waals surface area contributed by atoms with E-state index in [9.17, 15) is 8.42 Å². The highest BCUT2D eigenvalue weighted by molar-refractivity contribution is 7.92. The number of rotatable bonds is 4. The molecule has 21 heavy (non-hydrogen) atoms. The molecule has 0 aromatic heterocycles. The molecule has 2 aromatic rings. The molecule has 2 aromatic carbocycles. The van der Waals surface area contributed by atoms with Crippen LogP contribution in [0.3, 0.4) is 0 Å². The van der Waals surface area contributed by atoms with Crippen LogP contribution in [0.5, 0.6) is 0 Å². The third-order valence-electron chi connectivity index (χ3n) is 3.37. The third-order valence-corrected chi connectivity index (χ3v) is 4.80. The van der Waals surface area contributed by atoms with E-state index in [1.54, 1.807) is 18.2 Å². The Labute approximate surface area is 126 Å². The van der Waals surface area contributed by atoms with Gasteiger partial charge in [-0.3, -0.25) is 4.72 Å². The molecule has 0 atom stereocenters. The molecule has 0 aliphatic carbocycles. The summed E-state index contributed by atoms with van der Waals surface area (Å²) < 4.78 is 27.8. The minimum Gasteiger partial charge on any atom is -0.398 e. The molecule has 0 fully saturated rings. The Bertz CT molecular complexity index is 753. The van der Waals surface area contributed by atoms with E-state index in [2.05, 4.69) is 4.72 Å². The summed E-state index contributed by atoms with van der Waals surface area (Å²) in [5.74, 6) is 0.218. The molecule has 5 heteroatoms. The van der Waals surface area contributed by atoms with Gasteiger partial charge in [0.15, 0.2) is 0 Å². The Morgan fingerprint density at radius 2 is 1.71 bits per heavy atom. The largest absolute Gasteiger partial charge is 0.398 e. The average Bonchev–Trinajstić information content (AvgIpc) is 2.41. The Balaban J connectivity index is 2.50. The van der Waals surface area contributed by atoms with Crippen molar-refractivity contribution in [3.05, 3.63) is 53.6 Å². The first-order chi connectivity index (χ1) is 9.83. The summed E-state index contributed by atoms with van der Waals surface area (Å²) in [6, 6.07) is 12.2. The zero-order chi connectivity index (χ0) is 15.6. The predicted octanol–water partition coefficient (Wildman–Crippen LogP) is 3.50. The zero-order valence-electron chi connectivity index (χ0n) is 12.4. The summed E-state index contributed by atoms with van der Waals surface area (Å²) in [6.45, 7) is 5.95. The minimum absolute atomic E-state index is 0.1000. The Kier molecular flexibility index (Phi) is 4.23. The van der Waals surface area contributed by atoms with Gasteiger partial charge in [-0.1, -0.05) is 44.2 Å². The monoisotopic (exact) mass is 304 g/mol. The maximum absolute atomic E-state index is 12.6. The van der Waals surface area contributed by atoms with E-state index in [0.29, 0.717) is 5.69 Å². The van der Waals surface area contributed by atoms with Gasteiger partial charge in [-0.2, -0.15) is 0 Å². The standard InChI is InChI=1S/C16H20N2O2S/c1-11(2)13-8-6-7-12(3)16(13)18-21(19,20)15-10-5-4-9-14(15)17/h4-11,18H,17H2,1-3H3. The van der Waals surface area contributed by atoms with Crippen LogP contribution in [0, 0.1) is 6.92 Å². The molecule has 0 saturated carbocycles. The van der Waals surface area contributed by atoms with E-state index in [-0.39, 0.29) is 16.5 Å². The van der Waals surface area contributed by atoms with Gasteiger partial charge in [-0.25, -0.2) is 8.42 Å². The van der Waals surface area contributed by atoms with Gasteiger partial charge in [0.1, 0.15) is 4.90 Å². The van der Waals surface area contributed by atoms with Crippen LogP contribution in [-0.2, 0) is 10.0 Å².